The Kier molecular flexibility index (Phi) is 5.21. The molecule has 25 heavy (non-hydrogen) atoms. The fourth-order valence-corrected chi connectivity index (χ4v) is 3.22. The number of aromatic nitrogens is 1. The van der Waals surface area contributed by atoms with E-state index in [0.717, 1.165) is 20.8 Å². The van der Waals surface area contributed by atoms with Crippen molar-refractivity contribution < 1.29 is 19.4 Å². The highest BCUT2D eigenvalue weighted by Crippen LogP contribution is 2.30. The molecule has 3 aromatic rings. The molecule has 0 aliphatic rings. The van der Waals surface area contributed by atoms with Crippen molar-refractivity contribution in [1.29, 1.82) is 0 Å². The van der Waals surface area contributed by atoms with Gasteiger partial charge in [-0.15, -0.1) is 11.3 Å². The quantitative estimate of drug-likeness (QED) is 0.682. The minimum absolute atomic E-state index is 0.386. The number of carboxylic acid groups (broad SMARTS) is 1. The molecule has 3 rings (SSSR count). The van der Waals surface area contributed by atoms with Crippen LogP contribution >= 0.6 is 22.9 Å². The molecule has 1 N–H and O–H groups in total. The molecule has 0 amide bonds. The molecule has 5 nitrogen and oxygen atoms in total. The zero-order valence-corrected chi connectivity index (χ0v) is 14.8. The number of hydrogen-bond acceptors (Lipinski definition) is 5. The molecule has 0 bridgehead atoms. The smallest absolute Gasteiger partial charge is 0.341 e. The summed E-state index contributed by atoms with van der Waals surface area (Å²) in [6.07, 6.45) is 3.81. The first-order chi connectivity index (χ1) is 12.0. The lowest BCUT2D eigenvalue weighted by molar-refractivity contribution is -0.139. The van der Waals surface area contributed by atoms with E-state index >= 15 is 0 Å². The number of carbonyl (C=O) groups is 1. The Labute approximate surface area is 153 Å². The van der Waals surface area contributed by atoms with Gasteiger partial charge >= 0.3 is 5.97 Å². The van der Waals surface area contributed by atoms with Gasteiger partial charge in [-0.3, -0.25) is 0 Å². The lowest BCUT2D eigenvalue weighted by Crippen LogP contribution is -2.10. The molecule has 1 heterocycles. The normalized spacial score (nSPS) is 11.1. The Morgan fingerprint density at radius 3 is 2.84 bits per heavy atom. The average Bonchev–Trinajstić information content (AvgIpc) is 3.00. The van der Waals surface area contributed by atoms with Crippen molar-refractivity contribution in [2.24, 2.45) is 0 Å². The fourth-order valence-electron chi connectivity index (χ4n) is 2.20. The second kappa shape index (κ2) is 7.55. The van der Waals surface area contributed by atoms with Crippen LogP contribution < -0.4 is 9.47 Å². The van der Waals surface area contributed by atoms with Crippen molar-refractivity contribution >= 4 is 51.3 Å². The predicted octanol–water partition coefficient (Wildman–Crippen LogP) is 4.59. The van der Waals surface area contributed by atoms with Crippen LogP contribution in [0.1, 0.15) is 10.6 Å². The molecule has 2 aromatic carbocycles. The van der Waals surface area contributed by atoms with Crippen LogP contribution in [0.15, 0.2) is 36.4 Å². The summed E-state index contributed by atoms with van der Waals surface area (Å²) in [7, 11) is 1.51. The van der Waals surface area contributed by atoms with Crippen molar-refractivity contribution in [2.75, 3.05) is 13.7 Å². The summed E-state index contributed by atoms with van der Waals surface area (Å²) < 4.78 is 11.5. The Morgan fingerprint density at radius 2 is 2.08 bits per heavy atom. The van der Waals surface area contributed by atoms with E-state index in [1.54, 1.807) is 23.5 Å². The first-order valence-electron chi connectivity index (χ1n) is 7.32. The summed E-state index contributed by atoms with van der Waals surface area (Å²) in [6.45, 7) is -0.417. The van der Waals surface area contributed by atoms with Gasteiger partial charge in [0.2, 0.25) is 0 Å². The van der Waals surface area contributed by atoms with Crippen molar-refractivity contribution in [1.82, 2.24) is 4.98 Å². The molecule has 0 atom stereocenters. The van der Waals surface area contributed by atoms with E-state index in [4.69, 9.17) is 26.2 Å². The Bertz CT molecular complexity index is 951. The van der Waals surface area contributed by atoms with E-state index < -0.39 is 12.6 Å². The monoisotopic (exact) mass is 375 g/mol. The van der Waals surface area contributed by atoms with Crippen LogP contribution in [0.3, 0.4) is 0 Å². The standard InChI is InChI=1S/C18H14ClNO4S/c1-23-15-8-11(2-5-14(15)24-10-18(21)22)3-7-17-20-13-9-12(19)4-6-16(13)25-17/h2-9H,10H2,1H3,(H,21,22)/b7-3+. The second-order valence-corrected chi connectivity index (χ2v) is 6.59. The fraction of sp³-hybridized carbons (Fsp3) is 0.111. The SMILES string of the molecule is COc1cc(/C=C/c2nc3cc(Cl)ccc3s2)ccc1OCC(=O)O. The zero-order chi connectivity index (χ0) is 17.8. The first-order valence-corrected chi connectivity index (χ1v) is 8.51. The number of rotatable bonds is 6. The Balaban J connectivity index is 1.81. The maximum atomic E-state index is 10.6. The van der Waals surface area contributed by atoms with Crippen LogP contribution in [-0.2, 0) is 4.79 Å². The highest BCUT2D eigenvalue weighted by atomic mass is 35.5. The largest absolute Gasteiger partial charge is 0.493 e. The zero-order valence-electron chi connectivity index (χ0n) is 13.2. The average molecular weight is 376 g/mol. The number of ether oxygens (including phenoxy) is 2. The molecule has 128 valence electrons. The van der Waals surface area contributed by atoms with E-state index in [2.05, 4.69) is 4.98 Å². The summed E-state index contributed by atoms with van der Waals surface area (Å²) >= 11 is 7.55. The number of halogens is 1. The number of carboxylic acids is 1. The molecular formula is C18H14ClNO4S. The number of hydrogen-bond donors (Lipinski definition) is 1. The van der Waals surface area contributed by atoms with Crippen molar-refractivity contribution in [3.8, 4) is 11.5 Å². The summed E-state index contributed by atoms with van der Waals surface area (Å²) in [5, 5.41) is 10.2. The van der Waals surface area contributed by atoms with Gasteiger partial charge in [-0.1, -0.05) is 23.7 Å². The Morgan fingerprint density at radius 1 is 1.24 bits per heavy atom. The van der Waals surface area contributed by atoms with Crippen LogP contribution in [0, 0.1) is 0 Å². The molecule has 0 saturated heterocycles. The lowest BCUT2D eigenvalue weighted by atomic mass is 10.2. The highest BCUT2D eigenvalue weighted by Gasteiger charge is 2.07. The van der Waals surface area contributed by atoms with E-state index in [1.165, 1.54) is 7.11 Å². The van der Waals surface area contributed by atoms with E-state index in [9.17, 15) is 4.79 Å². The number of thiazole rings is 1. The second-order valence-electron chi connectivity index (χ2n) is 5.09. The number of fused-ring (bicyclic) bond motifs is 1. The van der Waals surface area contributed by atoms with Gasteiger partial charge in [0.25, 0.3) is 0 Å². The molecule has 0 radical (unpaired) electrons. The summed E-state index contributed by atoms with van der Waals surface area (Å²) in [5.74, 6) is -0.182. The van der Waals surface area contributed by atoms with E-state index in [1.807, 2.05) is 36.4 Å². The molecule has 0 spiro atoms. The summed E-state index contributed by atoms with van der Waals surface area (Å²) in [6, 6.07) is 10.9. The molecule has 0 unspecified atom stereocenters. The van der Waals surface area contributed by atoms with Crippen molar-refractivity contribution in [3.63, 3.8) is 0 Å². The number of aliphatic carboxylic acids is 1. The van der Waals surface area contributed by atoms with E-state index in [-0.39, 0.29) is 0 Å². The van der Waals surface area contributed by atoms with Gasteiger partial charge in [0.1, 0.15) is 5.01 Å². The molecule has 0 saturated carbocycles. The van der Waals surface area contributed by atoms with Gasteiger partial charge in [0, 0.05) is 5.02 Å². The first kappa shape index (κ1) is 17.3. The third-order valence-electron chi connectivity index (χ3n) is 3.32. The summed E-state index contributed by atoms with van der Waals surface area (Å²) in [4.78, 5) is 15.1. The Hall–Kier alpha value is -2.57. The van der Waals surface area contributed by atoms with Crippen LogP contribution in [-0.4, -0.2) is 29.8 Å². The van der Waals surface area contributed by atoms with E-state index in [0.29, 0.717) is 16.5 Å². The molecular weight excluding hydrogens is 362 g/mol. The molecule has 0 aliphatic carbocycles. The maximum Gasteiger partial charge on any atom is 0.341 e. The van der Waals surface area contributed by atoms with Gasteiger partial charge in [-0.2, -0.15) is 0 Å². The minimum Gasteiger partial charge on any atom is -0.493 e. The van der Waals surface area contributed by atoms with Crippen LogP contribution in [0.5, 0.6) is 11.5 Å². The molecule has 7 heteroatoms. The maximum absolute atomic E-state index is 10.6. The van der Waals surface area contributed by atoms with Crippen LogP contribution in [0.4, 0.5) is 0 Å². The third-order valence-corrected chi connectivity index (χ3v) is 4.56. The van der Waals surface area contributed by atoms with Crippen LogP contribution in [0.2, 0.25) is 5.02 Å². The van der Waals surface area contributed by atoms with Crippen molar-refractivity contribution in [2.45, 2.75) is 0 Å². The topological polar surface area (TPSA) is 68.7 Å². The van der Waals surface area contributed by atoms with Gasteiger partial charge in [-0.25, -0.2) is 9.78 Å². The number of benzene rings is 2. The van der Waals surface area contributed by atoms with Crippen molar-refractivity contribution in [3.05, 3.63) is 52.0 Å². The molecule has 0 fully saturated rings. The minimum atomic E-state index is -1.04. The predicted molar refractivity (Wildman–Crippen MR) is 99.7 cm³/mol. The van der Waals surface area contributed by atoms with Crippen LogP contribution in [0.25, 0.3) is 22.4 Å². The molecule has 1 aromatic heterocycles. The third kappa shape index (κ3) is 4.29. The van der Waals surface area contributed by atoms with Gasteiger partial charge in [0.05, 0.1) is 17.3 Å². The number of nitrogens with zero attached hydrogens (tertiary/aromatic N) is 1. The number of methoxy groups -OCH3 is 1. The van der Waals surface area contributed by atoms with Gasteiger partial charge in [0.15, 0.2) is 18.1 Å². The lowest BCUT2D eigenvalue weighted by Gasteiger charge is -2.09. The molecule has 0 aliphatic heterocycles. The highest BCUT2D eigenvalue weighted by molar-refractivity contribution is 7.19. The van der Waals surface area contributed by atoms with Gasteiger partial charge < -0.3 is 14.6 Å². The summed E-state index contributed by atoms with van der Waals surface area (Å²) in [5.41, 5.74) is 1.75. The van der Waals surface area contributed by atoms with Gasteiger partial charge in [-0.05, 0) is 42.0 Å².